The van der Waals surface area contributed by atoms with E-state index >= 15 is 0 Å². The summed E-state index contributed by atoms with van der Waals surface area (Å²) >= 11 is 0. The Kier molecular flexibility index (Phi) is 3.11. The third-order valence-electron chi connectivity index (χ3n) is 3.54. The Morgan fingerprint density at radius 2 is 1.90 bits per heavy atom. The minimum atomic E-state index is 0.118. The van der Waals surface area contributed by atoms with Crippen LogP contribution in [0.25, 0.3) is 10.8 Å². The van der Waals surface area contributed by atoms with Gasteiger partial charge in [-0.1, -0.05) is 42.5 Å². The van der Waals surface area contributed by atoms with Gasteiger partial charge in [0.15, 0.2) is 5.78 Å². The minimum Gasteiger partial charge on any atom is -0.294 e. The van der Waals surface area contributed by atoms with E-state index in [-0.39, 0.29) is 5.78 Å². The summed E-state index contributed by atoms with van der Waals surface area (Å²) in [4.78, 5) is 12.4. The topological polar surface area (TPSA) is 34.9 Å². The molecule has 1 heterocycles. The van der Waals surface area contributed by atoms with Crippen LogP contribution in [0.4, 0.5) is 0 Å². The molecule has 0 saturated carbocycles. The van der Waals surface area contributed by atoms with Crippen molar-refractivity contribution in [2.24, 2.45) is 7.05 Å². The molecule has 20 heavy (non-hydrogen) atoms. The van der Waals surface area contributed by atoms with Gasteiger partial charge in [-0.3, -0.25) is 9.48 Å². The number of aromatic nitrogens is 2. The summed E-state index contributed by atoms with van der Waals surface area (Å²) < 4.78 is 1.69. The van der Waals surface area contributed by atoms with Crippen LogP contribution in [0.2, 0.25) is 0 Å². The monoisotopic (exact) mass is 264 g/mol. The summed E-state index contributed by atoms with van der Waals surface area (Å²) in [5.41, 5.74) is 2.56. The van der Waals surface area contributed by atoms with Gasteiger partial charge in [-0.25, -0.2) is 0 Å². The van der Waals surface area contributed by atoms with Crippen LogP contribution in [-0.4, -0.2) is 15.6 Å². The second-order valence-corrected chi connectivity index (χ2v) is 5.04. The molecule has 100 valence electrons. The normalized spacial score (nSPS) is 10.9. The Bertz CT molecular complexity index is 781. The molecule has 0 atom stereocenters. The van der Waals surface area contributed by atoms with Crippen molar-refractivity contribution in [3.63, 3.8) is 0 Å². The highest BCUT2D eigenvalue weighted by Crippen LogP contribution is 2.20. The lowest BCUT2D eigenvalue weighted by atomic mass is 9.98. The molecule has 0 N–H and O–H groups in total. The molecule has 0 spiro atoms. The standard InChI is InChI=1S/C17H16N2O/c1-12-16(11-19(2)18-12)17(20)10-14-8-5-7-13-6-3-4-9-15(13)14/h3-9,11H,10H2,1-2H3. The first-order chi connectivity index (χ1) is 9.65. The van der Waals surface area contributed by atoms with Gasteiger partial charge in [0.25, 0.3) is 0 Å². The maximum Gasteiger partial charge on any atom is 0.170 e. The van der Waals surface area contributed by atoms with E-state index < -0.39 is 0 Å². The van der Waals surface area contributed by atoms with Gasteiger partial charge in [0.05, 0.1) is 11.3 Å². The highest BCUT2D eigenvalue weighted by atomic mass is 16.1. The maximum absolute atomic E-state index is 12.4. The summed E-state index contributed by atoms with van der Waals surface area (Å²) in [6.07, 6.45) is 2.21. The molecule has 0 aliphatic rings. The minimum absolute atomic E-state index is 0.118. The van der Waals surface area contributed by atoms with E-state index in [1.165, 1.54) is 5.39 Å². The van der Waals surface area contributed by atoms with Gasteiger partial charge < -0.3 is 0 Å². The third kappa shape index (κ3) is 2.23. The van der Waals surface area contributed by atoms with Crippen LogP contribution < -0.4 is 0 Å². The second kappa shape index (κ2) is 4.93. The van der Waals surface area contributed by atoms with E-state index in [1.807, 2.05) is 38.2 Å². The first kappa shape index (κ1) is 12.6. The van der Waals surface area contributed by atoms with Gasteiger partial charge in [0.1, 0.15) is 0 Å². The fourth-order valence-electron chi connectivity index (χ4n) is 2.59. The van der Waals surface area contributed by atoms with E-state index in [0.717, 1.165) is 16.6 Å². The molecule has 0 aliphatic heterocycles. The van der Waals surface area contributed by atoms with Crippen molar-refractivity contribution in [3.8, 4) is 0 Å². The molecular weight excluding hydrogens is 248 g/mol. The Hall–Kier alpha value is -2.42. The lowest BCUT2D eigenvalue weighted by Gasteiger charge is -2.05. The molecule has 0 fully saturated rings. The number of hydrogen-bond donors (Lipinski definition) is 0. The van der Waals surface area contributed by atoms with Crippen LogP contribution in [0.1, 0.15) is 21.6 Å². The lowest BCUT2D eigenvalue weighted by molar-refractivity contribution is 0.0992. The molecule has 0 bridgehead atoms. The quantitative estimate of drug-likeness (QED) is 0.680. The van der Waals surface area contributed by atoms with Crippen molar-refractivity contribution in [1.29, 1.82) is 0 Å². The lowest BCUT2D eigenvalue weighted by Crippen LogP contribution is -2.04. The maximum atomic E-state index is 12.4. The highest BCUT2D eigenvalue weighted by molar-refractivity contribution is 6.00. The molecule has 0 saturated heterocycles. The van der Waals surface area contributed by atoms with Gasteiger partial charge in [-0.2, -0.15) is 5.10 Å². The number of carbonyl (C=O) groups is 1. The average Bonchev–Trinajstić information content (AvgIpc) is 2.78. The molecule has 3 aromatic rings. The first-order valence-electron chi connectivity index (χ1n) is 6.65. The molecule has 0 aliphatic carbocycles. The highest BCUT2D eigenvalue weighted by Gasteiger charge is 2.14. The Labute approximate surface area is 117 Å². The van der Waals surface area contributed by atoms with Gasteiger partial charge in [0, 0.05) is 19.7 Å². The van der Waals surface area contributed by atoms with Crippen LogP contribution in [-0.2, 0) is 13.5 Å². The number of rotatable bonds is 3. The smallest absolute Gasteiger partial charge is 0.170 e. The Balaban J connectivity index is 1.97. The summed E-state index contributed by atoms with van der Waals surface area (Å²) in [6.45, 7) is 1.87. The summed E-state index contributed by atoms with van der Waals surface area (Å²) in [7, 11) is 1.84. The van der Waals surface area contributed by atoms with E-state index in [9.17, 15) is 4.79 Å². The zero-order chi connectivity index (χ0) is 14.1. The van der Waals surface area contributed by atoms with Crippen LogP contribution in [0.5, 0.6) is 0 Å². The van der Waals surface area contributed by atoms with Crippen molar-refractivity contribution < 1.29 is 4.79 Å². The Morgan fingerprint density at radius 3 is 2.65 bits per heavy atom. The largest absolute Gasteiger partial charge is 0.294 e. The van der Waals surface area contributed by atoms with Crippen molar-refractivity contribution in [2.75, 3.05) is 0 Å². The average molecular weight is 264 g/mol. The molecule has 2 aromatic carbocycles. The van der Waals surface area contributed by atoms with E-state index in [2.05, 4.69) is 23.3 Å². The van der Waals surface area contributed by atoms with Crippen molar-refractivity contribution >= 4 is 16.6 Å². The van der Waals surface area contributed by atoms with Gasteiger partial charge >= 0.3 is 0 Å². The molecular formula is C17H16N2O. The molecule has 0 amide bonds. The number of nitrogens with zero attached hydrogens (tertiary/aromatic N) is 2. The molecule has 0 unspecified atom stereocenters. The number of hydrogen-bond acceptors (Lipinski definition) is 2. The number of Topliss-reactive ketones (excluding diaryl/α,β-unsaturated/α-hetero) is 1. The second-order valence-electron chi connectivity index (χ2n) is 5.04. The molecule has 3 rings (SSSR count). The van der Waals surface area contributed by atoms with Crippen LogP contribution in [0, 0.1) is 6.92 Å². The summed E-state index contributed by atoms with van der Waals surface area (Å²) in [5, 5.41) is 6.54. The van der Waals surface area contributed by atoms with E-state index in [1.54, 1.807) is 10.9 Å². The van der Waals surface area contributed by atoms with Gasteiger partial charge in [0.2, 0.25) is 0 Å². The van der Waals surface area contributed by atoms with E-state index in [0.29, 0.717) is 12.0 Å². The fourth-order valence-corrected chi connectivity index (χ4v) is 2.59. The first-order valence-corrected chi connectivity index (χ1v) is 6.65. The number of carbonyl (C=O) groups excluding carboxylic acids is 1. The fraction of sp³-hybridized carbons (Fsp3) is 0.176. The Morgan fingerprint density at radius 1 is 1.15 bits per heavy atom. The molecule has 3 heteroatoms. The van der Waals surface area contributed by atoms with Crippen molar-refractivity contribution in [2.45, 2.75) is 13.3 Å². The number of ketones is 1. The number of aryl methyl sites for hydroxylation is 2. The van der Waals surface area contributed by atoms with Crippen molar-refractivity contribution in [3.05, 3.63) is 65.5 Å². The zero-order valence-corrected chi connectivity index (χ0v) is 11.6. The molecule has 0 radical (unpaired) electrons. The molecule has 3 nitrogen and oxygen atoms in total. The van der Waals surface area contributed by atoms with Crippen LogP contribution in [0.3, 0.4) is 0 Å². The zero-order valence-electron chi connectivity index (χ0n) is 11.6. The van der Waals surface area contributed by atoms with E-state index in [4.69, 9.17) is 0 Å². The SMILES string of the molecule is Cc1nn(C)cc1C(=O)Cc1cccc2ccccc12. The number of fused-ring (bicyclic) bond motifs is 1. The predicted molar refractivity (Wildman–Crippen MR) is 79.9 cm³/mol. The molecule has 1 aromatic heterocycles. The third-order valence-corrected chi connectivity index (χ3v) is 3.54. The predicted octanol–water partition coefficient (Wildman–Crippen LogP) is 3.31. The summed E-state index contributed by atoms with van der Waals surface area (Å²) in [6, 6.07) is 14.2. The summed E-state index contributed by atoms with van der Waals surface area (Å²) in [5.74, 6) is 0.118. The van der Waals surface area contributed by atoms with Crippen LogP contribution >= 0.6 is 0 Å². The van der Waals surface area contributed by atoms with Crippen molar-refractivity contribution in [1.82, 2.24) is 9.78 Å². The van der Waals surface area contributed by atoms with Gasteiger partial charge in [-0.05, 0) is 23.3 Å². The van der Waals surface area contributed by atoms with Gasteiger partial charge in [-0.15, -0.1) is 0 Å². The number of benzene rings is 2. The van der Waals surface area contributed by atoms with Crippen LogP contribution in [0.15, 0.2) is 48.7 Å².